The first-order chi connectivity index (χ1) is 12.0. The van der Waals surface area contributed by atoms with E-state index >= 15 is 0 Å². The fourth-order valence-corrected chi connectivity index (χ4v) is 3.69. The molecule has 0 heterocycles. The van der Waals surface area contributed by atoms with Crippen LogP contribution in [0.5, 0.6) is 0 Å². The fraction of sp³-hybridized carbons (Fsp3) is 0. The zero-order chi connectivity index (χ0) is 17.8. The van der Waals surface area contributed by atoms with Crippen molar-refractivity contribution < 1.29 is 0 Å². The van der Waals surface area contributed by atoms with Gasteiger partial charge in [0.25, 0.3) is 0 Å². The van der Waals surface area contributed by atoms with Gasteiger partial charge in [-0.05, 0) is 48.3 Å². The molecule has 0 aliphatic carbocycles. The van der Waals surface area contributed by atoms with Crippen LogP contribution in [-0.4, -0.2) is 5.71 Å². The maximum absolute atomic E-state index is 8.41. The average Bonchev–Trinajstić information content (AvgIpc) is 2.60. The van der Waals surface area contributed by atoms with Gasteiger partial charge in [0.1, 0.15) is 0 Å². The van der Waals surface area contributed by atoms with E-state index in [1.54, 1.807) is 12.1 Å². The normalized spacial score (nSPS) is 10.5. The predicted octanol–water partition coefficient (Wildman–Crippen LogP) is 6.11. The third-order valence-corrected chi connectivity index (χ3v) is 4.75. The number of benzene rings is 3. The summed E-state index contributed by atoms with van der Waals surface area (Å²) in [5.41, 5.74) is 9.36. The van der Waals surface area contributed by atoms with E-state index in [0.29, 0.717) is 27.0 Å². The Bertz CT molecular complexity index is 894. The molecular weight excluding hydrogens is 373 g/mol. The Morgan fingerprint density at radius 2 is 1.60 bits per heavy atom. The summed E-state index contributed by atoms with van der Waals surface area (Å²) in [6, 6.07) is 20.4. The van der Waals surface area contributed by atoms with Crippen LogP contribution in [0.4, 0.5) is 11.4 Å². The van der Waals surface area contributed by atoms with Gasteiger partial charge in [-0.3, -0.25) is 5.41 Å². The highest BCUT2D eigenvalue weighted by Crippen LogP contribution is 2.29. The van der Waals surface area contributed by atoms with Gasteiger partial charge in [0.2, 0.25) is 0 Å². The third kappa shape index (κ3) is 4.48. The maximum atomic E-state index is 8.41. The van der Waals surface area contributed by atoms with E-state index < -0.39 is 0 Å². The van der Waals surface area contributed by atoms with Crippen LogP contribution in [0.3, 0.4) is 0 Å². The minimum atomic E-state index is 0.387. The Morgan fingerprint density at radius 1 is 0.920 bits per heavy atom. The lowest BCUT2D eigenvalue weighted by Crippen LogP contribution is -2.06. The second kappa shape index (κ2) is 7.83. The highest BCUT2D eigenvalue weighted by molar-refractivity contribution is 8.00. The van der Waals surface area contributed by atoms with E-state index in [0.717, 1.165) is 16.1 Å². The molecule has 3 aromatic rings. The lowest BCUT2D eigenvalue weighted by molar-refractivity contribution is 1.45. The third-order valence-electron chi connectivity index (χ3n) is 3.51. The highest BCUT2D eigenvalue weighted by atomic mass is 35.5. The number of halogens is 2. The molecule has 0 atom stereocenters. The SMILES string of the molecule is N=C(c1ccccc1)c1cc(NSc2cc(Cl)cc(Cl)c2)ccc1N. The summed E-state index contributed by atoms with van der Waals surface area (Å²) < 4.78 is 3.24. The van der Waals surface area contributed by atoms with Crippen molar-refractivity contribution in [2.75, 3.05) is 10.5 Å². The van der Waals surface area contributed by atoms with Crippen molar-refractivity contribution in [1.82, 2.24) is 0 Å². The lowest BCUT2D eigenvalue weighted by atomic mass is 10.0. The molecule has 0 fully saturated rings. The van der Waals surface area contributed by atoms with Crippen LogP contribution < -0.4 is 10.5 Å². The van der Waals surface area contributed by atoms with Crippen molar-refractivity contribution in [2.45, 2.75) is 4.90 Å². The van der Waals surface area contributed by atoms with E-state index in [1.165, 1.54) is 11.9 Å². The summed E-state index contributed by atoms with van der Waals surface area (Å²) in [6.07, 6.45) is 0. The largest absolute Gasteiger partial charge is 0.398 e. The van der Waals surface area contributed by atoms with Gasteiger partial charge in [0.15, 0.2) is 0 Å². The van der Waals surface area contributed by atoms with Crippen molar-refractivity contribution in [1.29, 1.82) is 5.41 Å². The Hall–Kier alpha value is -2.14. The minimum Gasteiger partial charge on any atom is -0.398 e. The predicted molar refractivity (Wildman–Crippen MR) is 109 cm³/mol. The van der Waals surface area contributed by atoms with Crippen LogP contribution >= 0.6 is 35.1 Å². The standard InChI is InChI=1S/C19H15Cl2N3S/c20-13-8-14(21)10-16(9-13)25-24-15-6-7-18(22)17(11-15)19(23)12-4-2-1-3-5-12/h1-11,23-24H,22H2. The average molecular weight is 388 g/mol. The molecule has 0 saturated heterocycles. The molecule has 0 aliphatic heterocycles. The smallest absolute Gasteiger partial charge is 0.0705 e. The molecule has 0 aromatic heterocycles. The number of rotatable bonds is 5. The molecule has 0 bridgehead atoms. The first-order valence-electron chi connectivity index (χ1n) is 7.46. The Morgan fingerprint density at radius 3 is 2.28 bits per heavy atom. The first-order valence-corrected chi connectivity index (χ1v) is 9.03. The van der Waals surface area contributed by atoms with E-state index in [2.05, 4.69) is 4.72 Å². The topological polar surface area (TPSA) is 61.9 Å². The summed E-state index contributed by atoms with van der Waals surface area (Å²) >= 11 is 13.4. The second-order valence-corrected chi connectivity index (χ2v) is 7.10. The van der Waals surface area contributed by atoms with E-state index in [9.17, 15) is 0 Å². The molecule has 0 radical (unpaired) electrons. The summed E-state index contributed by atoms with van der Waals surface area (Å²) in [5.74, 6) is 0. The first kappa shape index (κ1) is 17.7. The number of nitrogens with one attached hydrogen (secondary N) is 2. The second-order valence-electron chi connectivity index (χ2n) is 5.35. The summed E-state index contributed by atoms with van der Waals surface area (Å²) in [6.45, 7) is 0. The Kier molecular flexibility index (Phi) is 5.53. The molecule has 25 heavy (non-hydrogen) atoms. The van der Waals surface area contributed by atoms with Crippen molar-refractivity contribution in [3.05, 3.63) is 87.9 Å². The van der Waals surface area contributed by atoms with Gasteiger partial charge in [-0.2, -0.15) is 0 Å². The molecular formula is C19H15Cl2N3S. The maximum Gasteiger partial charge on any atom is 0.0705 e. The Balaban J connectivity index is 1.80. The minimum absolute atomic E-state index is 0.387. The van der Waals surface area contributed by atoms with Gasteiger partial charge in [-0.1, -0.05) is 53.5 Å². The lowest BCUT2D eigenvalue weighted by Gasteiger charge is -2.12. The molecule has 0 spiro atoms. The molecule has 3 nitrogen and oxygen atoms in total. The quantitative estimate of drug-likeness (QED) is 0.281. The van der Waals surface area contributed by atoms with Crippen LogP contribution in [0.15, 0.2) is 71.6 Å². The molecule has 3 rings (SSSR count). The monoisotopic (exact) mass is 387 g/mol. The molecule has 0 amide bonds. The van der Waals surface area contributed by atoms with E-state index in [4.69, 9.17) is 34.3 Å². The van der Waals surface area contributed by atoms with Gasteiger partial charge in [-0.25, -0.2) is 0 Å². The van der Waals surface area contributed by atoms with Gasteiger partial charge in [-0.15, -0.1) is 0 Å². The number of hydrogen-bond donors (Lipinski definition) is 3. The number of nitrogens with two attached hydrogens (primary N) is 1. The fourth-order valence-electron chi connectivity index (χ4n) is 2.30. The molecule has 0 aliphatic rings. The number of nitrogen functional groups attached to an aromatic ring is 1. The van der Waals surface area contributed by atoms with Crippen molar-refractivity contribution in [3.8, 4) is 0 Å². The van der Waals surface area contributed by atoms with Crippen LogP contribution in [0.1, 0.15) is 11.1 Å². The van der Waals surface area contributed by atoms with Crippen molar-refractivity contribution in [3.63, 3.8) is 0 Å². The highest BCUT2D eigenvalue weighted by Gasteiger charge is 2.09. The molecule has 126 valence electrons. The zero-order valence-electron chi connectivity index (χ0n) is 13.1. The van der Waals surface area contributed by atoms with Gasteiger partial charge in [0, 0.05) is 37.4 Å². The van der Waals surface area contributed by atoms with E-state index in [-0.39, 0.29) is 0 Å². The van der Waals surface area contributed by atoms with Crippen molar-refractivity contribution >= 4 is 52.2 Å². The van der Waals surface area contributed by atoms with Crippen LogP contribution in [0, 0.1) is 5.41 Å². The van der Waals surface area contributed by atoms with Crippen LogP contribution in [0.25, 0.3) is 0 Å². The number of hydrogen-bond acceptors (Lipinski definition) is 4. The molecule has 0 saturated carbocycles. The van der Waals surface area contributed by atoms with Gasteiger partial charge < -0.3 is 10.5 Å². The molecule has 4 N–H and O–H groups in total. The number of anilines is 2. The van der Waals surface area contributed by atoms with Crippen LogP contribution in [0.2, 0.25) is 10.0 Å². The van der Waals surface area contributed by atoms with Crippen LogP contribution in [-0.2, 0) is 0 Å². The van der Waals surface area contributed by atoms with Crippen molar-refractivity contribution in [2.24, 2.45) is 0 Å². The molecule has 3 aromatic carbocycles. The molecule has 6 heteroatoms. The molecule has 0 unspecified atom stereocenters. The summed E-state index contributed by atoms with van der Waals surface area (Å²) in [7, 11) is 0. The Labute approximate surface area is 160 Å². The summed E-state index contributed by atoms with van der Waals surface area (Å²) in [5, 5.41) is 9.58. The zero-order valence-corrected chi connectivity index (χ0v) is 15.4. The van der Waals surface area contributed by atoms with Gasteiger partial charge >= 0.3 is 0 Å². The van der Waals surface area contributed by atoms with E-state index in [1.807, 2.05) is 54.6 Å². The summed E-state index contributed by atoms with van der Waals surface area (Å²) in [4.78, 5) is 0.897. The van der Waals surface area contributed by atoms with Gasteiger partial charge in [0.05, 0.1) is 5.71 Å².